The van der Waals surface area contributed by atoms with E-state index in [1.165, 1.54) is 0 Å². The van der Waals surface area contributed by atoms with Crippen LogP contribution in [0.1, 0.15) is 19.8 Å². The first-order chi connectivity index (χ1) is 10.3. The summed E-state index contributed by atoms with van der Waals surface area (Å²) in [6.45, 7) is 5.27. The molecular formula is C15H22N4O2. The molecule has 0 saturated carbocycles. The number of rotatable bonds is 6. The fourth-order valence-corrected chi connectivity index (χ4v) is 2.85. The van der Waals surface area contributed by atoms with Crippen molar-refractivity contribution in [1.29, 1.82) is 0 Å². The van der Waals surface area contributed by atoms with Gasteiger partial charge in [-0.1, -0.05) is 13.0 Å². The lowest BCUT2D eigenvalue weighted by Gasteiger charge is -2.23. The summed E-state index contributed by atoms with van der Waals surface area (Å²) in [5.41, 5.74) is 0.618. The van der Waals surface area contributed by atoms with Crippen LogP contribution in [0.15, 0.2) is 29.2 Å². The van der Waals surface area contributed by atoms with Gasteiger partial charge in [0.05, 0.1) is 13.2 Å². The summed E-state index contributed by atoms with van der Waals surface area (Å²) in [7, 11) is 0. The Balaban J connectivity index is 1.82. The standard InChI is InChI=1S/C15H22N4O2/c1-2-7-16-13(12-6-9-21-11-12)10-19-15(20)18-8-4-3-5-14(18)17-19/h3-5,8,12-13,16H,2,6-7,9-11H2,1H3. The molecule has 0 amide bonds. The Labute approximate surface area is 123 Å². The van der Waals surface area contributed by atoms with E-state index in [-0.39, 0.29) is 11.7 Å². The molecule has 0 aliphatic carbocycles. The molecule has 1 aliphatic rings. The molecule has 21 heavy (non-hydrogen) atoms. The van der Waals surface area contributed by atoms with Gasteiger partial charge in [0.25, 0.3) is 0 Å². The van der Waals surface area contributed by atoms with Crippen LogP contribution in [0.4, 0.5) is 0 Å². The summed E-state index contributed by atoms with van der Waals surface area (Å²) in [6, 6.07) is 5.82. The number of fused-ring (bicyclic) bond motifs is 1. The van der Waals surface area contributed by atoms with Crippen LogP contribution in [-0.2, 0) is 11.3 Å². The van der Waals surface area contributed by atoms with Gasteiger partial charge in [0, 0.05) is 24.8 Å². The topological polar surface area (TPSA) is 60.6 Å². The zero-order valence-corrected chi connectivity index (χ0v) is 12.4. The van der Waals surface area contributed by atoms with Crippen LogP contribution in [0.3, 0.4) is 0 Å². The molecule has 1 N–H and O–H groups in total. The van der Waals surface area contributed by atoms with E-state index in [9.17, 15) is 4.79 Å². The third-order valence-corrected chi connectivity index (χ3v) is 4.05. The van der Waals surface area contributed by atoms with E-state index in [1.807, 2.05) is 18.2 Å². The highest BCUT2D eigenvalue weighted by molar-refractivity contribution is 5.35. The summed E-state index contributed by atoms with van der Waals surface area (Å²) >= 11 is 0. The van der Waals surface area contributed by atoms with Crippen LogP contribution in [0.25, 0.3) is 5.65 Å². The van der Waals surface area contributed by atoms with Crippen LogP contribution in [0.2, 0.25) is 0 Å². The average Bonchev–Trinajstić information content (AvgIpc) is 3.13. The normalized spacial score (nSPS) is 20.1. The predicted molar refractivity (Wildman–Crippen MR) is 80.5 cm³/mol. The molecular weight excluding hydrogens is 268 g/mol. The van der Waals surface area contributed by atoms with Gasteiger partial charge in [-0.3, -0.25) is 4.40 Å². The maximum Gasteiger partial charge on any atom is 0.350 e. The van der Waals surface area contributed by atoms with Crippen molar-refractivity contribution in [2.24, 2.45) is 5.92 Å². The predicted octanol–water partition coefficient (Wildman–Crippen LogP) is 0.901. The van der Waals surface area contributed by atoms with Gasteiger partial charge >= 0.3 is 5.69 Å². The smallest absolute Gasteiger partial charge is 0.350 e. The van der Waals surface area contributed by atoms with E-state index in [2.05, 4.69) is 17.3 Å². The van der Waals surface area contributed by atoms with Crippen molar-refractivity contribution in [3.8, 4) is 0 Å². The molecule has 2 unspecified atom stereocenters. The van der Waals surface area contributed by atoms with E-state index in [0.29, 0.717) is 18.1 Å². The van der Waals surface area contributed by atoms with Gasteiger partial charge in [0.1, 0.15) is 0 Å². The van der Waals surface area contributed by atoms with Crippen LogP contribution < -0.4 is 11.0 Å². The van der Waals surface area contributed by atoms with Crippen molar-refractivity contribution < 1.29 is 4.74 Å². The Hall–Kier alpha value is -1.66. The number of hydrogen-bond donors (Lipinski definition) is 1. The molecule has 0 aromatic carbocycles. The minimum Gasteiger partial charge on any atom is -0.381 e. The minimum atomic E-state index is -0.0761. The number of nitrogens with zero attached hydrogens (tertiary/aromatic N) is 3. The van der Waals surface area contributed by atoms with Crippen molar-refractivity contribution in [2.75, 3.05) is 19.8 Å². The molecule has 3 heterocycles. The van der Waals surface area contributed by atoms with E-state index < -0.39 is 0 Å². The molecule has 2 atom stereocenters. The van der Waals surface area contributed by atoms with Crippen LogP contribution in [-0.4, -0.2) is 40.0 Å². The highest BCUT2D eigenvalue weighted by Crippen LogP contribution is 2.17. The summed E-state index contributed by atoms with van der Waals surface area (Å²) < 4.78 is 8.65. The highest BCUT2D eigenvalue weighted by Gasteiger charge is 2.26. The lowest BCUT2D eigenvalue weighted by molar-refractivity contribution is 0.172. The third-order valence-electron chi connectivity index (χ3n) is 4.05. The number of aromatic nitrogens is 3. The van der Waals surface area contributed by atoms with Gasteiger partial charge in [-0.2, -0.15) is 0 Å². The maximum absolute atomic E-state index is 12.4. The molecule has 0 radical (unpaired) electrons. The molecule has 1 saturated heterocycles. The van der Waals surface area contributed by atoms with Crippen molar-refractivity contribution in [1.82, 2.24) is 19.5 Å². The van der Waals surface area contributed by atoms with E-state index in [4.69, 9.17) is 4.74 Å². The van der Waals surface area contributed by atoms with E-state index >= 15 is 0 Å². The van der Waals surface area contributed by atoms with Crippen molar-refractivity contribution in [3.63, 3.8) is 0 Å². The lowest BCUT2D eigenvalue weighted by atomic mass is 9.99. The van der Waals surface area contributed by atoms with Crippen molar-refractivity contribution >= 4 is 5.65 Å². The van der Waals surface area contributed by atoms with E-state index in [1.54, 1.807) is 15.3 Å². The largest absolute Gasteiger partial charge is 0.381 e. The quantitative estimate of drug-likeness (QED) is 0.859. The minimum absolute atomic E-state index is 0.0761. The van der Waals surface area contributed by atoms with E-state index in [0.717, 1.165) is 32.6 Å². The zero-order chi connectivity index (χ0) is 14.7. The first-order valence-corrected chi connectivity index (χ1v) is 7.65. The second kappa shape index (κ2) is 6.41. The zero-order valence-electron chi connectivity index (χ0n) is 12.4. The van der Waals surface area contributed by atoms with Gasteiger partial charge in [-0.25, -0.2) is 9.48 Å². The second-order valence-corrected chi connectivity index (χ2v) is 5.58. The second-order valence-electron chi connectivity index (χ2n) is 5.58. The molecule has 6 heteroatoms. The first-order valence-electron chi connectivity index (χ1n) is 7.65. The van der Waals surface area contributed by atoms with Gasteiger partial charge in [-0.15, -0.1) is 5.10 Å². The van der Waals surface area contributed by atoms with Gasteiger partial charge in [-0.05, 0) is 31.5 Å². The number of pyridine rings is 1. The molecule has 2 aromatic heterocycles. The molecule has 1 aliphatic heterocycles. The number of ether oxygens (including phenoxy) is 1. The third kappa shape index (κ3) is 3.01. The fraction of sp³-hybridized carbons (Fsp3) is 0.600. The molecule has 0 bridgehead atoms. The van der Waals surface area contributed by atoms with Gasteiger partial charge in [0.15, 0.2) is 5.65 Å². The highest BCUT2D eigenvalue weighted by atomic mass is 16.5. The molecule has 0 spiro atoms. The number of nitrogens with one attached hydrogen (secondary N) is 1. The summed E-state index contributed by atoms with van der Waals surface area (Å²) in [5.74, 6) is 0.452. The lowest BCUT2D eigenvalue weighted by Crippen LogP contribution is -2.42. The molecule has 114 valence electrons. The summed E-state index contributed by atoms with van der Waals surface area (Å²) in [4.78, 5) is 12.4. The van der Waals surface area contributed by atoms with Crippen molar-refractivity contribution in [3.05, 3.63) is 34.9 Å². The van der Waals surface area contributed by atoms with Crippen molar-refractivity contribution in [2.45, 2.75) is 32.4 Å². The molecule has 3 rings (SSSR count). The Morgan fingerprint density at radius 3 is 3.14 bits per heavy atom. The van der Waals surface area contributed by atoms with Crippen LogP contribution in [0, 0.1) is 5.92 Å². The monoisotopic (exact) mass is 290 g/mol. The average molecular weight is 290 g/mol. The van der Waals surface area contributed by atoms with Gasteiger partial charge < -0.3 is 10.1 Å². The van der Waals surface area contributed by atoms with Gasteiger partial charge in [0.2, 0.25) is 0 Å². The fourth-order valence-electron chi connectivity index (χ4n) is 2.85. The summed E-state index contributed by atoms with van der Waals surface area (Å²) in [6.07, 6.45) is 3.88. The Kier molecular flexibility index (Phi) is 4.36. The Bertz CT molecular complexity index is 642. The number of hydrogen-bond acceptors (Lipinski definition) is 4. The molecule has 1 fully saturated rings. The Morgan fingerprint density at radius 2 is 2.43 bits per heavy atom. The van der Waals surface area contributed by atoms with Crippen LogP contribution in [0.5, 0.6) is 0 Å². The summed E-state index contributed by atoms with van der Waals surface area (Å²) in [5, 5.41) is 7.96. The molecule has 6 nitrogen and oxygen atoms in total. The maximum atomic E-state index is 12.4. The first kappa shape index (κ1) is 14.3. The SMILES string of the molecule is CCCNC(Cn1nc2ccccn2c1=O)C1CCOC1. The molecule has 2 aromatic rings. The van der Waals surface area contributed by atoms with Crippen LogP contribution >= 0.6 is 0 Å². The Morgan fingerprint density at radius 1 is 1.52 bits per heavy atom.